The van der Waals surface area contributed by atoms with E-state index in [1.165, 1.54) is 24.3 Å². The van der Waals surface area contributed by atoms with Gasteiger partial charge in [-0.15, -0.1) is 0 Å². The largest absolute Gasteiger partial charge is 0.454 e. The standard InChI is InChI=1S/C14H12F3NO/c1-8(18)11-6-9(15)2-4-13(11)19-14-5-3-10(16)7-12(14)17/h2-8H,18H2,1H3/t8-/m0/s1. The molecule has 0 bridgehead atoms. The van der Waals surface area contributed by atoms with Crippen LogP contribution in [0.15, 0.2) is 36.4 Å². The molecule has 1 atom stereocenters. The Morgan fingerprint density at radius 1 is 0.947 bits per heavy atom. The van der Waals surface area contributed by atoms with Crippen LogP contribution in [0.2, 0.25) is 0 Å². The van der Waals surface area contributed by atoms with Crippen LogP contribution < -0.4 is 10.5 Å². The molecule has 0 aliphatic rings. The van der Waals surface area contributed by atoms with Gasteiger partial charge >= 0.3 is 0 Å². The van der Waals surface area contributed by atoms with Crippen molar-refractivity contribution in [3.63, 3.8) is 0 Å². The van der Waals surface area contributed by atoms with Crippen LogP contribution in [0.5, 0.6) is 11.5 Å². The molecule has 0 amide bonds. The fourth-order valence-electron chi connectivity index (χ4n) is 1.64. The highest BCUT2D eigenvalue weighted by atomic mass is 19.1. The predicted octanol–water partition coefficient (Wildman–Crippen LogP) is 3.92. The van der Waals surface area contributed by atoms with Gasteiger partial charge in [0, 0.05) is 17.7 Å². The average molecular weight is 267 g/mol. The lowest BCUT2D eigenvalue weighted by Gasteiger charge is -2.14. The van der Waals surface area contributed by atoms with Crippen molar-refractivity contribution in [1.82, 2.24) is 0 Å². The second-order valence-electron chi connectivity index (χ2n) is 4.15. The van der Waals surface area contributed by atoms with Crippen molar-refractivity contribution in [3.8, 4) is 11.5 Å². The summed E-state index contributed by atoms with van der Waals surface area (Å²) in [4.78, 5) is 0. The molecule has 0 fully saturated rings. The van der Waals surface area contributed by atoms with Gasteiger partial charge in [0.1, 0.15) is 17.4 Å². The maximum atomic E-state index is 13.5. The fourth-order valence-corrected chi connectivity index (χ4v) is 1.64. The fraction of sp³-hybridized carbons (Fsp3) is 0.143. The lowest BCUT2D eigenvalue weighted by Crippen LogP contribution is -2.07. The molecule has 2 nitrogen and oxygen atoms in total. The summed E-state index contributed by atoms with van der Waals surface area (Å²) >= 11 is 0. The monoisotopic (exact) mass is 267 g/mol. The highest BCUT2D eigenvalue weighted by Crippen LogP contribution is 2.31. The number of rotatable bonds is 3. The zero-order chi connectivity index (χ0) is 14.0. The highest BCUT2D eigenvalue weighted by molar-refractivity contribution is 5.40. The van der Waals surface area contributed by atoms with E-state index in [9.17, 15) is 13.2 Å². The maximum Gasteiger partial charge on any atom is 0.168 e. The van der Waals surface area contributed by atoms with Gasteiger partial charge in [0.15, 0.2) is 11.6 Å². The van der Waals surface area contributed by atoms with Gasteiger partial charge in [-0.2, -0.15) is 0 Å². The number of hydrogen-bond donors (Lipinski definition) is 1. The smallest absolute Gasteiger partial charge is 0.168 e. The van der Waals surface area contributed by atoms with Gasteiger partial charge in [-0.3, -0.25) is 0 Å². The van der Waals surface area contributed by atoms with Gasteiger partial charge in [-0.05, 0) is 37.3 Å². The summed E-state index contributed by atoms with van der Waals surface area (Å²) in [6.45, 7) is 1.66. The van der Waals surface area contributed by atoms with Crippen LogP contribution in [0.3, 0.4) is 0 Å². The Morgan fingerprint density at radius 2 is 1.53 bits per heavy atom. The van der Waals surface area contributed by atoms with E-state index in [-0.39, 0.29) is 11.5 Å². The Kier molecular flexibility index (Phi) is 3.76. The van der Waals surface area contributed by atoms with Gasteiger partial charge < -0.3 is 10.5 Å². The van der Waals surface area contributed by atoms with E-state index in [0.717, 1.165) is 6.07 Å². The van der Waals surface area contributed by atoms with Gasteiger partial charge in [0.25, 0.3) is 0 Å². The Hall–Kier alpha value is -2.01. The summed E-state index contributed by atoms with van der Waals surface area (Å²) in [5, 5.41) is 0. The molecule has 0 aromatic heterocycles. The van der Waals surface area contributed by atoms with Gasteiger partial charge in [0.2, 0.25) is 0 Å². The van der Waals surface area contributed by atoms with E-state index >= 15 is 0 Å². The average Bonchev–Trinajstić information content (AvgIpc) is 2.34. The number of halogens is 3. The Bertz CT molecular complexity index is 599. The van der Waals surface area contributed by atoms with Crippen molar-refractivity contribution in [3.05, 3.63) is 59.4 Å². The van der Waals surface area contributed by atoms with Crippen LogP contribution in [0.1, 0.15) is 18.5 Å². The summed E-state index contributed by atoms with van der Waals surface area (Å²) in [6, 6.07) is 6.24. The van der Waals surface area contributed by atoms with Crippen molar-refractivity contribution in [2.45, 2.75) is 13.0 Å². The molecule has 0 aliphatic heterocycles. The molecule has 2 aromatic rings. The van der Waals surface area contributed by atoms with Crippen LogP contribution in [0, 0.1) is 17.5 Å². The van der Waals surface area contributed by atoms with Crippen LogP contribution in [-0.4, -0.2) is 0 Å². The lowest BCUT2D eigenvalue weighted by molar-refractivity contribution is 0.429. The highest BCUT2D eigenvalue weighted by Gasteiger charge is 2.13. The SMILES string of the molecule is C[C@H](N)c1cc(F)ccc1Oc1ccc(F)cc1F. The normalized spacial score (nSPS) is 12.3. The molecule has 5 heteroatoms. The molecular weight excluding hydrogens is 255 g/mol. The third-order valence-electron chi connectivity index (χ3n) is 2.58. The molecule has 0 radical (unpaired) electrons. The maximum absolute atomic E-state index is 13.5. The van der Waals surface area contributed by atoms with Crippen molar-refractivity contribution < 1.29 is 17.9 Å². The molecule has 19 heavy (non-hydrogen) atoms. The van der Waals surface area contributed by atoms with Crippen molar-refractivity contribution in [2.24, 2.45) is 5.73 Å². The zero-order valence-electron chi connectivity index (χ0n) is 10.2. The summed E-state index contributed by atoms with van der Waals surface area (Å²) in [5.41, 5.74) is 6.11. The molecular formula is C14H12F3NO. The second kappa shape index (κ2) is 5.32. The van der Waals surface area contributed by atoms with Gasteiger partial charge in [0.05, 0.1) is 0 Å². The molecule has 2 rings (SSSR count). The first-order chi connectivity index (χ1) is 8.97. The molecule has 0 unspecified atom stereocenters. The van der Waals surface area contributed by atoms with E-state index in [1.54, 1.807) is 6.92 Å². The molecule has 0 saturated carbocycles. The van der Waals surface area contributed by atoms with Crippen molar-refractivity contribution in [2.75, 3.05) is 0 Å². The number of hydrogen-bond acceptors (Lipinski definition) is 2. The van der Waals surface area contributed by atoms with E-state index in [0.29, 0.717) is 11.6 Å². The zero-order valence-corrected chi connectivity index (χ0v) is 10.2. The van der Waals surface area contributed by atoms with Crippen molar-refractivity contribution >= 4 is 0 Å². The first kappa shape index (κ1) is 13.4. The predicted molar refractivity (Wildman–Crippen MR) is 65.4 cm³/mol. The van der Waals surface area contributed by atoms with Crippen LogP contribution >= 0.6 is 0 Å². The quantitative estimate of drug-likeness (QED) is 0.914. The lowest BCUT2D eigenvalue weighted by atomic mass is 10.1. The summed E-state index contributed by atoms with van der Waals surface area (Å²) < 4.78 is 44.7. The summed E-state index contributed by atoms with van der Waals surface area (Å²) in [6.07, 6.45) is 0. The van der Waals surface area contributed by atoms with Crippen LogP contribution in [0.4, 0.5) is 13.2 Å². The third kappa shape index (κ3) is 3.06. The van der Waals surface area contributed by atoms with Gasteiger partial charge in [-0.25, -0.2) is 13.2 Å². The second-order valence-corrected chi connectivity index (χ2v) is 4.15. The first-order valence-corrected chi connectivity index (χ1v) is 5.65. The van der Waals surface area contributed by atoms with Crippen LogP contribution in [0.25, 0.3) is 0 Å². The Labute approximate surface area is 108 Å². The van der Waals surface area contributed by atoms with Gasteiger partial charge in [-0.1, -0.05) is 0 Å². The van der Waals surface area contributed by atoms with E-state index in [4.69, 9.17) is 10.5 Å². The third-order valence-corrected chi connectivity index (χ3v) is 2.58. The number of nitrogens with two attached hydrogens (primary N) is 1. The first-order valence-electron chi connectivity index (χ1n) is 5.65. The van der Waals surface area contributed by atoms with E-state index in [2.05, 4.69) is 0 Å². The van der Waals surface area contributed by atoms with E-state index in [1.807, 2.05) is 0 Å². The minimum absolute atomic E-state index is 0.144. The molecule has 0 heterocycles. The summed E-state index contributed by atoms with van der Waals surface area (Å²) in [5.74, 6) is -1.90. The molecule has 2 N–H and O–H groups in total. The molecule has 0 spiro atoms. The molecule has 100 valence electrons. The number of benzene rings is 2. The van der Waals surface area contributed by atoms with Crippen molar-refractivity contribution in [1.29, 1.82) is 0 Å². The van der Waals surface area contributed by atoms with E-state index < -0.39 is 23.5 Å². The minimum Gasteiger partial charge on any atom is -0.454 e. The number of ether oxygens (including phenoxy) is 1. The Morgan fingerprint density at radius 3 is 2.11 bits per heavy atom. The Balaban J connectivity index is 2.38. The minimum atomic E-state index is -0.833. The summed E-state index contributed by atoms with van der Waals surface area (Å²) in [7, 11) is 0. The molecule has 2 aromatic carbocycles. The molecule has 0 saturated heterocycles. The van der Waals surface area contributed by atoms with Crippen LogP contribution in [-0.2, 0) is 0 Å². The topological polar surface area (TPSA) is 35.2 Å². The molecule has 0 aliphatic carbocycles.